The number of nitrogens with one attached hydrogen (secondary N) is 1. The zero-order valence-corrected chi connectivity index (χ0v) is 25.3. The van der Waals surface area contributed by atoms with Gasteiger partial charge in [-0.05, 0) is 61.4 Å². The maximum atomic E-state index is 13.9. The zero-order valence-electron chi connectivity index (χ0n) is 22.2. The maximum Gasteiger partial charge on any atom is 0.264 e. The lowest BCUT2D eigenvalue weighted by Crippen LogP contribution is -2.51. The van der Waals surface area contributed by atoms with E-state index in [1.54, 1.807) is 43.3 Å². The Labute approximate surface area is 249 Å². The molecule has 40 heavy (non-hydrogen) atoms. The highest BCUT2D eigenvalue weighted by Gasteiger charge is 2.32. The molecule has 0 radical (unpaired) electrons. The van der Waals surface area contributed by atoms with Crippen molar-refractivity contribution in [2.75, 3.05) is 24.5 Å². The summed E-state index contributed by atoms with van der Waals surface area (Å²) in [6.07, 6.45) is 0.709. The molecule has 3 rings (SSSR count). The molecule has 3 aromatic rings. The summed E-state index contributed by atoms with van der Waals surface area (Å²) in [7, 11) is -2.78. The first kappa shape index (κ1) is 31.5. The van der Waals surface area contributed by atoms with Gasteiger partial charge in [-0.3, -0.25) is 13.9 Å². The molecule has 0 saturated carbocycles. The van der Waals surface area contributed by atoms with Gasteiger partial charge in [-0.2, -0.15) is 0 Å². The van der Waals surface area contributed by atoms with Gasteiger partial charge in [-0.1, -0.05) is 66.0 Å². The van der Waals surface area contributed by atoms with Crippen molar-refractivity contribution < 1.29 is 22.7 Å². The number of ether oxygens (including phenoxy) is 1. The normalized spacial score (nSPS) is 11.9. The van der Waals surface area contributed by atoms with Crippen LogP contribution in [0, 0.1) is 0 Å². The van der Waals surface area contributed by atoms with E-state index in [1.165, 1.54) is 42.3 Å². The number of halogens is 3. The highest BCUT2D eigenvalue weighted by Crippen LogP contribution is 2.32. The molecule has 0 aromatic heterocycles. The van der Waals surface area contributed by atoms with Crippen molar-refractivity contribution in [3.05, 3.63) is 87.4 Å². The topological polar surface area (TPSA) is 96.0 Å². The second-order valence-corrected chi connectivity index (χ2v) is 12.0. The Hall–Kier alpha value is -2.98. The molecule has 12 heteroatoms. The molecule has 0 unspecified atom stereocenters. The molecular formula is C28H30Cl3N3O5S. The van der Waals surface area contributed by atoms with E-state index < -0.39 is 28.5 Å². The van der Waals surface area contributed by atoms with Crippen LogP contribution in [0.3, 0.4) is 0 Å². The number of carbonyl (C=O) groups excluding carboxylic acids is 2. The van der Waals surface area contributed by atoms with Crippen LogP contribution in [0.2, 0.25) is 15.1 Å². The summed E-state index contributed by atoms with van der Waals surface area (Å²) in [5, 5.41) is 3.59. The second-order valence-electron chi connectivity index (χ2n) is 8.88. The quantitative estimate of drug-likeness (QED) is 0.274. The fourth-order valence-electron chi connectivity index (χ4n) is 3.87. The summed E-state index contributed by atoms with van der Waals surface area (Å²) in [6.45, 7) is 3.30. The van der Waals surface area contributed by atoms with Crippen molar-refractivity contribution in [2.24, 2.45) is 0 Å². The van der Waals surface area contributed by atoms with Gasteiger partial charge in [0.25, 0.3) is 10.0 Å². The number of hydrogen-bond donors (Lipinski definition) is 1. The van der Waals surface area contributed by atoms with Crippen molar-refractivity contribution >= 4 is 62.3 Å². The van der Waals surface area contributed by atoms with Gasteiger partial charge in [0.15, 0.2) is 0 Å². The van der Waals surface area contributed by atoms with Gasteiger partial charge in [0, 0.05) is 13.1 Å². The van der Waals surface area contributed by atoms with Crippen LogP contribution in [0.1, 0.15) is 25.8 Å². The van der Waals surface area contributed by atoms with Gasteiger partial charge >= 0.3 is 0 Å². The molecule has 0 bridgehead atoms. The molecular weight excluding hydrogens is 597 g/mol. The van der Waals surface area contributed by atoms with Crippen LogP contribution < -0.4 is 14.4 Å². The SMILES string of the molecule is CCCNC(=O)[C@@H](C)N(Cc1ccc(Cl)c(Cl)c1)C(=O)CN(c1ccc(OC)c(Cl)c1)S(=O)(=O)c1ccccc1. The number of carbonyl (C=O) groups is 2. The van der Waals surface area contributed by atoms with Crippen molar-refractivity contribution in [3.8, 4) is 5.75 Å². The third kappa shape index (κ3) is 7.60. The Kier molecular flexibility index (Phi) is 11.1. The van der Waals surface area contributed by atoms with Crippen molar-refractivity contribution in [1.82, 2.24) is 10.2 Å². The molecule has 0 fully saturated rings. The first-order valence-corrected chi connectivity index (χ1v) is 15.0. The van der Waals surface area contributed by atoms with Crippen molar-refractivity contribution in [3.63, 3.8) is 0 Å². The van der Waals surface area contributed by atoms with Crippen LogP contribution in [0.4, 0.5) is 5.69 Å². The number of benzene rings is 3. The van der Waals surface area contributed by atoms with Crippen LogP contribution in [-0.4, -0.2) is 51.4 Å². The van der Waals surface area contributed by atoms with Crippen LogP contribution in [-0.2, 0) is 26.2 Å². The highest BCUT2D eigenvalue weighted by atomic mass is 35.5. The summed E-state index contributed by atoms with van der Waals surface area (Å²) in [6, 6.07) is 16.1. The number of hydrogen-bond acceptors (Lipinski definition) is 5. The van der Waals surface area contributed by atoms with E-state index in [0.29, 0.717) is 29.3 Å². The first-order valence-electron chi connectivity index (χ1n) is 12.4. The van der Waals surface area contributed by atoms with Gasteiger partial charge in [-0.25, -0.2) is 8.42 Å². The molecule has 3 aromatic carbocycles. The summed E-state index contributed by atoms with van der Waals surface area (Å²) < 4.78 is 33.8. The minimum Gasteiger partial charge on any atom is -0.495 e. The van der Waals surface area contributed by atoms with E-state index in [0.717, 1.165) is 4.31 Å². The average Bonchev–Trinajstić information content (AvgIpc) is 2.95. The lowest BCUT2D eigenvalue weighted by molar-refractivity contribution is -0.139. The van der Waals surface area contributed by atoms with Gasteiger partial charge in [0.1, 0.15) is 18.3 Å². The molecule has 214 valence electrons. The van der Waals surface area contributed by atoms with Crippen molar-refractivity contribution in [1.29, 1.82) is 0 Å². The van der Waals surface area contributed by atoms with E-state index in [4.69, 9.17) is 39.5 Å². The van der Waals surface area contributed by atoms with Crippen LogP contribution >= 0.6 is 34.8 Å². The zero-order chi connectivity index (χ0) is 29.4. The molecule has 0 heterocycles. The van der Waals surface area contributed by atoms with E-state index in [2.05, 4.69) is 5.32 Å². The Balaban J connectivity index is 2.05. The molecule has 1 atom stereocenters. The number of methoxy groups -OCH3 is 1. The van der Waals surface area contributed by atoms with Crippen LogP contribution in [0.15, 0.2) is 71.6 Å². The third-order valence-electron chi connectivity index (χ3n) is 6.09. The minimum absolute atomic E-state index is 0.0143. The largest absolute Gasteiger partial charge is 0.495 e. The van der Waals surface area contributed by atoms with Gasteiger partial charge in [0.05, 0.1) is 32.8 Å². The Morgan fingerprint density at radius 2 is 1.65 bits per heavy atom. The van der Waals surface area contributed by atoms with E-state index in [9.17, 15) is 18.0 Å². The number of sulfonamides is 1. The Morgan fingerprint density at radius 1 is 0.950 bits per heavy atom. The van der Waals surface area contributed by atoms with Gasteiger partial charge in [0.2, 0.25) is 11.8 Å². The molecule has 0 aliphatic rings. The lowest BCUT2D eigenvalue weighted by Gasteiger charge is -2.32. The fourth-order valence-corrected chi connectivity index (χ4v) is 5.87. The second kappa shape index (κ2) is 14.1. The minimum atomic E-state index is -4.22. The smallest absolute Gasteiger partial charge is 0.264 e. The van der Waals surface area contributed by atoms with Crippen LogP contribution in [0.5, 0.6) is 5.75 Å². The van der Waals surface area contributed by atoms with Gasteiger partial charge < -0.3 is 15.0 Å². The molecule has 0 aliphatic carbocycles. The molecule has 0 spiro atoms. The number of rotatable bonds is 12. The summed E-state index contributed by atoms with van der Waals surface area (Å²) in [5.41, 5.74) is 0.767. The molecule has 2 amide bonds. The van der Waals surface area contributed by atoms with E-state index in [-0.39, 0.29) is 33.1 Å². The van der Waals surface area contributed by atoms with Crippen LogP contribution in [0.25, 0.3) is 0 Å². The van der Waals surface area contributed by atoms with E-state index in [1.807, 2.05) is 6.92 Å². The first-order chi connectivity index (χ1) is 19.0. The summed E-state index contributed by atoms with van der Waals surface area (Å²) >= 11 is 18.6. The standard InChI is InChI=1S/C28H30Cl3N3O5S/c1-4-14-32-28(36)19(2)33(17-20-10-12-23(29)24(30)15-20)27(35)18-34(21-11-13-26(39-3)25(31)16-21)40(37,38)22-8-6-5-7-9-22/h5-13,15-16,19H,4,14,17-18H2,1-3H3,(H,32,36)/t19-/m1/s1. The maximum absolute atomic E-state index is 13.9. The summed E-state index contributed by atoms with van der Waals surface area (Å²) in [5.74, 6) is -0.645. The third-order valence-corrected chi connectivity index (χ3v) is 8.91. The molecule has 0 saturated heterocycles. The lowest BCUT2D eigenvalue weighted by atomic mass is 10.1. The van der Waals surface area contributed by atoms with Crippen molar-refractivity contribution in [2.45, 2.75) is 37.8 Å². The predicted molar refractivity (Wildman–Crippen MR) is 159 cm³/mol. The number of nitrogens with zero attached hydrogens (tertiary/aromatic N) is 2. The Bertz CT molecular complexity index is 1450. The number of anilines is 1. The van der Waals surface area contributed by atoms with E-state index >= 15 is 0 Å². The number of amides is 2. The highest BCUT2D eigenvalue weighted by molar-refractivity contribution is 7.92. The predicted octanol–water partition coefficient (Wildman–Crippen LogP) is 5.79. The molecule has 0 aliphatic heterocycles. The molecule has 1 N–H and O–H groups in total. The van der Waals surface area contributed by atoms with Gasteiger partial charge in [-0.15, -0.1) is 0 Å². The summed E-state index contributed by atoms with van der Waals surface area (Å²) in [4.78, 5) is 28.1. The Morgan fingerprint density at radius 3 is 2.25 bits per heavy atom. The monoisotopic (exact) mass is 625 g/mol. The fraction of sp³-hybridized carbons (Fsp3) is 0.286. The average molecular weight is 627 g/mol. The molecule has 8 nitrogen and oxygen atoms in total.